The van der Waals surface area contributed by atoms with Crippen molar-refractivity contribution in [1.29, 1.82) is 0 Å². The maximum atomic E-state index is 12.7. The van der Waals surface area contributed by atoms with E-state index < -0.39 is 0 Å². The first kappa shape index (κ1) is 17.3. The van der Waals surface area contributed by atoms with Crippen molar-refractivity contribution < 1.29 is 4.79 Å². The summed E-state index contributed by atoms with van der Waals surface area (Å²) in [5.41, 5.74) is 1.45. The van der Waals surface area contributed by atoms with E-state index in [2.05, 4.69) is 16.8 Å². The van der Waals surface area contributed by atoms with E-state index >= 15 is 0 Å². The lowest BCUT2D eigenvalue weighted by atomic mass is 9.97. The predicted octanol–water partition coefficient (Wildman–Crippen LogP) is 4.37. The number of likely N-dealkylation sites (tertiary alicyclic amines) is 1. The molecule has 0 aromatic carbocycles. The molecule has 6 heteroatoms. The number of aromatic nitrogens is 2. The molecule has 2 aromatic rings. The van der Waals surface area contributed by atoms with Gasteiger partial charge in [-0.3, -0.25) is 4.79 Å². The third-order valence-corrected chi connectivity index (χ3v) is 7.49. The van der Waals surface area contributed by atoms with E-state index in [4.69, 9.17) is 4.98 Å². The Morgan fingerprint density at radius 1 is 1.24 bits per heavy atom. The highest BCUT2D eigenvalue weighted by Gasteiger charge is 2.25. The van der Waals surface area contributed by atoms with Crippen LogP contribution in [0.15, 0.2) is 5.03 Å². The zero-order chi connectivity index (χ0) is 17.4. The number of thioether (sulfide) groups is 1. The normalized spacial score (nSPS) is 20.7. The highest BCUT2D eigenvalue weighted by Crippen LogP contribution is 2.39. The van der Waals surface area contributed by atoms with Gasteiger partial charge < -0.3 is 4.90 Å². The summed E-state index contributed by atoms with van der Waals surface area (Å²) in [5.74, 6) is 1.55. The molecule has 1 atom stereocenters. The molecule has 25 heavy (non-hydrogen) atoms. The van der Waals surface area contributed by atoms with E-state index in [9.17, 15) is 4.79 Å². The summed E-state index contributed by atoms with van der Waals surface area (Å²) in [6.45, 7) is 5.04. The van der Waals surface area contributed by atoms with E-state index in [1.54, 1.807) is 11.8 Å². The van der Waals surface area contributed by atoms with Crippen molar-refractivity contribution in [2.24, 2.45) is 0 Å². The second-order valence-electron chi connectivity index (χ2n) is 7.19. The first-order chi connectivity index (χ1) is 12.1. The summed E-state index contributed by atoms with van der Waals surface area (Å²) < 4.78 is 0. The minimum Gasteiger partial charge on any atom is -0.339 e. The lowest BCUT2D eigenvalue weighted by Gasteiger charge is -2.33. The number of hydrogen-bond acceptors (Lipinski definition) is 5. The molecule has 1 saturated heterocycles. The third-order valence-electron chi connectivity index (χ3n) is 5.35. The van der Waals surface area contributed by atoms with Crippen LogP contribution in [-0.2, 0) is 17.6 Å². The Morgan fingerprint density at radius 2 is 2.08 bits per heavy atom. The molecule has 4 nitrogen and oxygen atoms in total. The average Bonchev–Trinajstić information content (AvgIpc) is 2.97. The van der Waals surface area contributed by atoms with Crippen LogP contribution >= 0.6 is 23.1 Å². The second-order valence-corrected chi connectivity index (χ2v) is 9.24. The number of fused-ring (bicyclic) bond motifs is 3. The number of aryl methyl sites for hydroxylation is 3. The molecule has 0 saturated carbocycles. The molecule has 2 aromatic heterocycles. The molecular formula is C19H25N3OS2. The molecule has 0 radical (unpaired) electrons. The van der Waals surface area contributed by atoms with Gasteiger partial charge in [-0.25, -0.2) is 9.97 Å². The summed E-state index contributed by atoms with van der Waals surface area (Å²) in [4.78, 5) is 26.7. The molecular weight excluding hydrogens is 350 g/mol. The van der Waals surface area contributed by atoms with Crippen LogP contribution in [0.2, 0.25) is 0 Å². The van der Waals surface area contributed by atoms with Gasteiger partial charge in [0, 0.05) is 22.8 Å². The third kappa shape index (κ3) is 3.43. The second kappa shape index (κ2) is 7.23. The summed E-state index contributed by atoms with van der Waals surface area (Å²) >= 11 is 3.44. The first-order valence-electron chi connectivity index (χ1n) is 9.34. The Labute approximate surface area is 157 Å². The van der Waals surface area contributed by atoms with Gasteiger partial charge in [-0.15, -0.1) is 11.3 Å². The standard InChI is InChI=1S/C19H25N3OS2/c1-12-7-5-6-10-22(12)16(23)11-24-18-17-14-8-3-4-9-15(14)25-19(17)21-13(2)20-18/h12H,3-11H2,1-2H3/t12-/m0/s1. The lowest BCUT2D eigenvalue weighted by Crippen LogP contribution is -2.42. The molecule has 0 N–H and O–H groups in total. The Balaban J connectivity index is 1.58. The molecule has 1 aliphatic carbocycles. The van der Waals surface area contributed by atoms with Gasteiger partial charge in [0.25, 0.3) is 0 Å². The van der Waals surface area contributed by atoms with E-state index in [1.807, 2.05) is 18.3 Å². The minimum atomic E-state index is 0.255. The lowest BCUT2D eigenvalue weighted by molar-refractivity contribution is -0.131. The zero-order valence-corrected chi connectivity index (χ0v) is 16.6. The van der Waals surface area contributed by atoms with Crippen molar-refractivity contribution in [3.05, 3.63) is 16.3 Å². The average molecular weight is 376 g/mol. The largest absolute Gasteiger partial charge is 0.339 e. The molecule has 0 bridgehead atoms. The summed E-state index contributed by atoms with van der Waals surface area (Å²) in [6.07, 6.45) is 8.34. The Kier molecular flexibility index (Phi) is 5.00. The topological polar surface area (TPSA) is 46.1 Å². The number of carbonyl (C=O) groups excluding carboxylic acids is 1. The monoisotopic (exact) mass is 375 g/mol. The van der Waals surface area contributed by atoms with Gasteiger partial charge in [0.05, 0.1) is 5.75 Å². The molecule has 4 rings (SSSR count). The summed E-state index contributed by atoms with van der Waals surface area (Å²) in [5, 5.41) is 2.25. The fraction of sp³-hybridized carbons (Fsp3) is 0.632. The van der Waals surface area contributed by atoms with Crippen LogP contribution in [0.4, 0.5) is 0 Å². The van der Waals surface area contributed by atoms with Crippen molar-refractivity contribution in [3.8, 4) is 0 Å². The number of rotatable bonds is 3. The quantitative estimate of drug-likeness (QED) is 0.590. The Bertz CT molecular complexity index is 802. The van der Waals surface area contributed by atoms with Crippen LogP contribution in [0.25, 0.3) is 10.2 Å². The SMILES string of the molecule is Cc1nc(SCC(=O)N2CCCC[C@@H]2C)c2c3c(sc2n1)CCCC3. The molecule has 1 fully saturated rings. The molecule has 1 aliphatic heterocycles. The fourth-order valence-electron chi connectivity index (χ4n) is 4.01. The molecule has 0 spiro atoms. The highest BCUT2D eigenvalue weighted by atomic mass is 32.2. The minimum absolute atomic E-state index is 0.255. The molecule has 134 valence electrons. The van der Waals surface area contributed by atoms with Crippen molar-refractivity contribution >= 4 is 39.2 Å². The van der Waals surface area contributed by atoms with Gasteiger partial charge in [0.15, 0.2) is 0 Å². The van der Waals surface area contributed by atoms with Gasteiger partial charge in [-0.2, -0.15) is 0 Å². The Morgan fingerprint density at radius 3 is 2.92 bits per heavy atom. The van der Waals surface area contributed by atoms with Crippen molar-refractivity contribution in [1.82, 2.24) is 14.9 Å². The van der Waals surface area contributed by atoms with Crippen LogP contribution in [0, 0.1) is 6.92 Å². The maximum absolute atomic E-state index is 12.7. The summed E-state index contributed by atoms with van der Waals surface area (Å²) in [7, 11) is 0. The number of nitrogens with zero attached hydrogens (tertiary/aromatic N) is 3. The Hall–Kier alpha value is -1.14. The highest BCUT2D eigenvalue weighted by molar-refractivity contribution is 8.00. The number of carbonyl (C=O) groups is 1. The van der Waals surface area contributed by atoms with Gasteiger partial charge in [0.1, 0.15) is 15.7 Å². The number of hydrogen-bond donors (Lipinski definition) is 0. The molecule has 2 aliphatic rings. The van der Waals surface area contributed by atoms with E-state index in [0.29, 0.717) is 11.8 Å². The van der Waals surface area contributed by atoms with Crippen molar-refractivity contribution in [3.63, 3.8) is 0 Å². The van der Waals surface area contributed by atoms with E-state index in [1.165, 1.54) is 41.5 Å². The van der Waals surface area contributed by atoms with Gasteiger partial charge >= 0.3 is 0 Å². The number of amides is 1. The summed E-state index contributed by atoms with van der Waals surface area (Å²) in [6, 6.07) is 0.378. The van der Waals surface area contributed by atoms with Gasteiger partial charge in [-0.1, -0.05) is 11.8 Å². The van der Waals surface area contributed by atoms with Gasteiger partial charge in [0.2, 0.25) is 5.91 Å². The van der Waals surface area contributed by atoms with Crippen LogP contribution in [0.3, 0.4) is 0 Å². The van der Waals surface area contributed by atoms with Crippen molar-refractivity contribution in [2.45, 2.75) is 69.9 Å². The van der Waals surface area contributed by atoms with E-state index in [-0.39, 0.29) is 5.91 Å². The van der Waals surface area contributed by atoms with Crippen LogP contribution in [0.1, 0.15) is 55.3 Å². The van der Waals surface area contributed by atoms with Crippen LogP contribution < -0.4 is 0 Å². The fourth-order valence-corrected chi connectivity index (χ4v) is 6.37. The molecule has 0 unspecified atom stereocenters. The number of piperidine rings is 1. The zero-order valence-electron chi connectivity index (χ0n) is 15.0. The molecule has 3 heterocycles. The first-order valence-corrected chi connectivity index (χ1v) is 11.1. The van der Waals surface area contributed by atoms with Gasteiger partial charge in [-0.05, 0) is 64.4 Å². The smallest absolute Gasteiger partial charge is 0.233 e. The molecule has 1 amide bonds. The number of thiophene rings is 1. The van der Waals surface area contributed by atoms with Crippen LogP contribution in [0.5, 0.6) is 0 Å². The van der Waals surface area contributed by atoms with E-state index in [0.717, 1.165) is 41.5 Å². The van der Waals surface area contributed by atoms with Crippen molar-refractivity contribution in [2.75, 3.05) is 12.3 Å². The predicted molar refractivity (Wildman–Crippen MR) is 105 cm³/mol. The van der Waals surface area contributed by atoms with Crippen LogP contribution in [-0.4, -0.2) is 39.1 Å². The maximum Gasteiger partial charge on any atom is 0.233 e.